The molecule has 2 heterocycles. The van der Waals surface area contributed by atoms with E-state index in [1.807, 2.05) is 0 Å². The summed E-state index contributed by atoms with van der Waals surface area (Å²) in [6, 6.07) is 6.65. The first-order valence-electron chi connectivity index (χ1n) is 4.73. The van der Waals surface area contributed by atoms with Crippen molar-refractivity contribution in [2.45, 2.75) is 0 Å². The van der Waals surface area contributed by atoms with Crippen LogP contribution in [0.15, 0.2) is 36.7 Å². The molecule has 0 aliphatic rings. The maximum absolute atomic E-state index is 11.5. The average Bonchev–Trinajstić information content (AvgIpc) is 2.66. The van der Waals surface area contributed by atoms with Gasteiger partial charge in [-0.25, -0.2) is 9.78 Å². The topological polar surface area (TPSA) is 71.8 Å². The fourth-order valence-corrected chi connectivity index (χ4v) is 1.20. The van der Waals surface area contributed by atoms with Crippen LogP contribution >= 0.6 is 0 Å². The van der Waals surface area contributed by atoms with Gasteiger partial charge in [0.2, 0.25) is 0 Å². The molecule has 0 radical (unpaired) electrons. The van der Waals surface area contributed by atoms with E-state index in [9.17, 15) is 4.79 Å². The molecule has 0 aliphatic carbocycles. The van der Waals surface area contributed by atoms with Crippen LogP contribution in [0.25, 0.3) is 0 Å². The van der Waals surface area contributed by atoms with E-state index in [1.165, 1.54) is 0 Å². The number of carbonyl (C=O) groups is 1. The summed E-state index contributed by atoms with van der Waals surface area (Å²) in [4.78, 5) is 15.5. The summed E-state index contributed by atoms with van der Waals surface area (Å²) in [7, 11) is 1.75. The van der Waals surface area contributed by atoms with Crippen molar-refractivity contribution in [1.82, 2.24) is 14.8 Å². The van der Waals surface area contributed by atoms with Crippen molar-refractivity contribution in [2.24, 2.45) is 7.05 Å². The fraction of sp³-hybridized carbons (Fsp3) is 0.100. The van der Waals surface area contributed by atoms with Crippen molar-refractivity contribution in [3.63, 3.8) is 0 Å². The van der Waals surface area contributed by atoms with Gasteiger partial charge in [0.05, 0.1) is 6.20 Å². The molecule has 0 saturated heterocycles. The van der Waals surface area contributed by atoms with Crippen LogP contribution in [0, 0.1) is 0 Å². The van der Waals surface area contributed by atoms with Crippen molar-refractivity contribution in [2.75, 3.05) is 10.6 Å². The van der Waals surface area contributed by atoms with Crippen LogP contribution in [0.5, 0.6) is 0 Å². The minimum Gasteiger partial charge on any atom is -0.292 e. The Hall–Kier alpha value is -2.37. The van der Waals surface area contributed by atoms with Gasteiger partial charge in [0.1, 0.15) is 11.6 Å². The van der Waals surface area contributed by atoms with E-state index < -0.39 is 0 Å². The van der Waals surface area contributed by atoms with Gasteiger partial charge in [0.15, 0.2) is 0 Å². The maximum Gasteiger partial charge on any atom is 0.326 e. The Balaban J connectivity index is 1.98. The van der Waals surface area contributed by atoms with Crippen LogP contribution in [0.2, 0.25) is 0 Å². The smallest absolute Gasteiger partial charge is 0.292 e. The molecule has 2 rings (SSSR count). The average molecular weight is 217 g/mol. The Morgan fingerprint density at radius 3 is 2.75 bits per heavy atom. The predicted molar refractivity (Wildman–Crippen MR) is 60.1 cm³/mol. The molecule has 6 nitrogen and oxygen atoms in total. The van der Waals surface area contributed by atoms with Crippen LogP contribution < -0.4 is 10.6 Å². The maximum atomic E-state index is 11.5. The molecule has 82 valence electrons. The highest BCUT2D eigenvalue weighted by Crippen LogP contribution is 2.05. The molecule has 6 heteroatoms. The largest absolute Gasteiger partial charge is 0.326 e. The van der Waals surface area contributed by atoms with Crippen molar-refractivity contribution >= 4 is 17.7 Å². The van der Waals surface area contributed by atoms with Crippen LogP contribution in [0.1, 0.15) is 0 Å². The number of hydrogen-bond acceptors (Lipinski definition) is 3. The lowest BCUT2D eigenvalue weighted by Crippen LogP contribution is -2.21. The molecule has 2 aromatic heterocycles. The van der Waals surface area contributed by atoms with Gasteiger partial charge >= 0.3 is 6.03 Å². The lowest BCUT2D eigenvalue weighted by molar-refractivity contribution is 0.262. The van der Waals surface area contributed by atoms with Crippen molar-refractivity contribution in [1.29, 1.82) is 0 Å². The Morgan fingerprint density at radius 2 is 2.12 bits per heavy atom. The molecular formula is C10H11N5O. The molecule has 2 amide bonds. The third-order valence-electron chi connectivity index (χ3n) is 1.97. The second-order valence-electron chi connectivity index (χ2n) is 3.13. The first-order chi connectivity index (χ1) is 7.75. The molecule has 0 aliphatic heterocycles. The summed E-state index contributed by atoms with van der Waals surface area (Å²) in [5, 5.41) is 9.19. The number of aryl methyl sites for hydroxylation is 1. The molecule has 16 heavy (non-hydrogen) atoms. The Kier molecular flexibility index (Phi) is 2.81. The summed E-state index contributed by atoms with van der Waals surface area (Å²) in [5.41, 5.74) is 0. The van der Waals surface area contributed by atoms with Gasteiger partial charge in [0.25, 0.3) is 0 Å². The van der Waals surface area contributed by atoms with Gasteiger partial charge in [-0.05, 0) is 12.1 Å². The molecule has 0 aromatic carbocycles. The van der Waals surface area contributed by atoms with E-state index in [0.29, 0.717) is 11.6 Å². The van der Waals surface area contributed by atoms with Crippen LogP contribution in [-0.2, 0) is 7.05 Å². The van der Waals surface area contributed by atoms with Crippen LogP contribution in [0.3, 0.4) is 0 Å². The highest BCUT2D eigenvalue weighted by molar-refractivity contribution is 5.98. The van der Waals surface area contributed by atoms with Gasteiger partial charge in [-0.1, -0.05) is 6.07 Å². The van der Waals surface area contributed by atoms with Crippen molar-refractivity contribution in [3.05, 3.63) is 36.7 Å². The van der Waals surface area contributed by atoms with E-state index in [2.05, 4.69) is 20.7 Å². The molecule has 2 N–H and O–H groups in total. The van der Waals surface area contributed by atoms with Gasteiger partial charge in [-0.2, -0.15) is 5.10 Å². The number of aromatic nitrogens is 3. The Labute approximate surface area is 92.3 Å². The summed E-state index contributed by atoms with van der Waals surface area (Å²) >= 11 is 0. The summed E-state index contributed by atoms with van der Waals surface area (Å²) < 4.78 is 1.57. The normalized spacial score (nSPS) is 9.81. The van der Waals surface area contributed by atoms with E-state index in [-0.39, 0.29) is 6.03 Å². The lowest BCUT2D eigenvalue weighted by Gasteiger charge is -2.06. The number of hydrogen-bond donors (Lipinski definition) is 2. The minimum absolute atomic E-state index is 0.345. The van der Waals surface area contributed by atoms with E-state index in [1.54, 1.807) is 48.4 Å². The molecule has 0 unspecified atom stereocenters. The number of amides is 2. The van der Waals surface area contributed by atoms with Gasteiger partial charge < -0.3 is 0 Å². The third kappa shape index (κ3) is 2.35. The molecule has 2 aromatic rings. The number of nitrogens with one attached hydrogen (secondary N) is 2. The fourth-order valence-electron chi connectivity index (χ4n) is 1.20. The quantitative estimate of drug-likeness (QED) is 0.799. The van der Waals surface area contributed by atoms with Gasteiger partial charge in [-0.15, -0.1) is 0 Å². The van der Waals surface area contributed by atoms with Crippen LogP contribution in [-0.4, -0.2) is 20.8 Å². The molecule has 0 saturated carbocycles. The summed E-state index contributed by atoms with van der Waals surface area (Å²) in [5.74, 6) is 1.12. The number of anilines is 2. The second kappa shape index (κ2) is 4.43. The Bertz CT molecular complexity index is 479. The number of pyridine rings is 1. The monoisotopic (exact) mass is 217 g/mol. The highest BCUT2D eigenvalue weighted by atomic mass is 16.2. The zero-order valence-electron chi connectivity index (χ0n) is 8.71. The first-order valence-corrected chi connectivity index (χ1v) is 4.73. The molecule has 0 spiro atoms. The zero-order chi connectivity index (χ0) is 11.4. The van der Waals surface area contributed by atoms with Gasteiger partial charge in [0, 0.05) is 19.3 Å². The molecule has 0 atom stereocenters. The number of urea groups is 1. The predicted octanol–water partition coefficient (Wildman–Crippen LogP) is 1.46. The SMILES string of the molecule is Cn1nccc1NC(=O)Nc1ccccn1. The highest BCUT2D eigenvalue weighted by Gasteiger charge is 2.04. The number of rotatable bonds is 2. The standard InChI is InChI=1S/C10H11N5O/c1-15-9(5-7-12-15)14-10(16)13-8-4-2-3-6-11-8/h2-7H,1H3,(H2,11,13,14,16). The van der Waals surface area contributed by atoms with E-state index in [0.717, 1.165) is 0 Å². The van der Waals surface area contributed by atoms with Crippen molar-refractivity contribution in [3.8, 4) is 0 Å². The molecule has 0 bridgehead atoms. The summed E-state index contributed by atoms with van der Waals surface area (Å²) in [6.45, 7) is 0. The van der Waals surface area contributed by atoms with Crippen molar-refractivity contribution < 1.29 is 4.79 Å². The van der Waals surface area contributed by atoms with E-state index in [4.69, 9.17) is 0 Å². The number of carbonyl (C=O) groups excluding carboxylic acids is 1. The van der Waals surface area contributed by atoms with E-state index >= 15 is 0 Å². The Morgan fingerprint density at radius 1 is 1.25 bits per heavy atom. The second-order valence-corrected chi connectivity index (χ2v) is 3.13. The lowest BCUT2D eigenvalue weighted by atomic mass is 10.5. The van der Waals surface area contributed by atoms with Crippen LogP contribution in [0.4, 0.5) is 16.4 Å². The van der Waals surface area contributed by atoms with Gasteiger partial charge in [-0.3, -0.25) is 15.3 Å². The minimum atomic E-state index is -0.345. The zero-order valence-corrected chi connectivity index (χ0v) is 8.71. The first kappa shape index (κ1) is 10.2. The molecule has 0 fully saturated rings. The third-order valence-corrected chi connectivity index (χ3v) is 1.97. The summed E-state index contributed by atoms with van der Waals surface area (Å²) in [6.07, 6.45) is 3.22. The molecular weight excluding hydrogens is 206 g/mol. The number of nitrogens with zero attached hydrogens (tertiary/aromatic N) is 3.